The maximum Gasteiger partial charge on any atom is 0.0591 e. The van der Waals surface area contributed by atoms with Crippen molar-refractivity contribution in [2.24, 2.45) is 5.92 Å². The molecule has 0 saturated heterocycles. The summed E-state index contributed by atoms with van der Waals surface area (Å²) >= 11 is 0. The van der Waals surface area contributed by atoms with E-state index in [1.54, 1.807) is 0 Å². The van der Waals surface area contributed by atoms with Gasteiger partial charge in [-0.05, 0) is 12.3 Å². The zero-order valence-corrected chi connectivity index (χ0v) is 9.84. The average Bonchev–Trinajstić information content (AvgIpc) is 2.15. The summed E-state index contributed by atoms with van der Waals surface area (Å²) in [4.78, 5) is 0. The van der Waals surface area contributed by atoms with Gasteiger partial charge >= 0.3 is 0 Å². The molecular weight excluding hydrogens is 178 g/mol. The lowest BCUT2D eigenvalue weighted by Gasteiger charge is -2.08. The molecule has 86 valence electrons. The molecule has 0 bridgehead atoms. The Morgan fingerprint density at radius 3 is 2.21 bits per heavy atom. The number of nitrogens with one attached hydrogen (secondary N) is 1. The van der Waals surface area contributed by atoms with Crippen molar-refractivity contribution in [2.75, 3.05) is 39.5 Å². The second-order valence-corrected chi connectivity index (χ2v) is 3.83. The Bertz CT molecular complexity index is 107. The normalized spacial score (nSPS) is 11.1. The summed E-state index contributed by atoms with van der Waals surface area (Å²) in [6.07, 6.45) is 1.09. The van der Waals surface area contributed by atoms with Crippen LogP contribution in [0.5, 0.6) is 0 Å². The lowest BCUT2D eigenvalue weighted by atomic mass is 10.2. The predicted octanol–water partition coefficient (Wildman–Crippen LogP) is 1.68. The molecule has 3 heteroatoms. The van der Waals surface area contributed by atoms with Crippen molar-refractivity contribution < 1.29 is 9.47 Å². The molecule has 3 nitrogen and oxygen atoms in total. The Labute approximate surface area is 88.2 Å². The SMILES string of the molecule is CCCOCCNCCOCC(C)C. The van der Waals surface area contributed by atoms with Gasteiger partial charge in [-0.3, -0.25) is 0 Å². The zero-order valence-electron chi connectivity index (χ0n) is 9.84. The number of hydrogen-bond acceptors (Lipinski definition) is 3. The molecule has 0 aromatic heterocycles. The standard InChI is InChI=1S/C11H25NO2/c1-4-7-13-8-5-12-6-9-14-10-11(2)3/h11-12H,4-10H2,1-3H3. The number of rotatable bonds is 10. The molecule has 0 heterocycles. The lowest BCUT2D eigenvalue weighted by molar-refractivity contribution is 0.106. The van der Waals surface area contributed by atoms with E-state index < -0.39 is 0 Å². The van der Waals surface area contributed by atoms with Crippen LogP contribution < -0.4 is 5.32 Å². The van der Waals surface area contributed by atoms with E-state index in [4.69, 9.17) is 9.47 Å². The maximum atomic E-state index is 5.42. The first-order valence-corrected chi connectivity index (χ1v) is 5.63. The first-order valence-electron chi connectivity index (χ1n) is 5.63. The second kappa shape index (κ2) is 11.0. The highest BCUT2D eigenvalue weighted by atomic mass is 16.5. The van der Waals surface area contributed by atoms with Crippen molar-refractivity contribution >= 4 is 0 Å². The number of hydrogen-bond donors (Lipinski definition) is 1. The summed E-state index contributed by atoms with van der Waals surface area (Å²) in [5, 5.41) is 3.27. The van der Waals surface area contributed by atoms with Crippen LogP contribution >= 0.6 is 0 Å². The molecule has 0 atom stereocenters. The minimum absolute atomic E-state index is 0.628. The van der Waals surface area contributed by atoms with Crippen LogP contribution in [-0.4, -0.2) is 39.5 Å². The van der Waals surface area contributed by atoms with E-state index in [1.807, 2.05) is 0 Å². The molecule has 0 fully saturated rings. The topological polar surface area (TPSA) is 30.5 Å². The lowest BCUT2D eigenvalue weighted by Crippen LogP contribution is -2.24. The molecule has 0 aromatic carbocycles. The third kappa shape index (κ3) is 11.9. The van der Waals surface area contributed by atoms with Gasteiger partial charge in [0.2, 0.25) is 0 Å². The summed E-state index contributed by atoms with van der Waals surface area (Å²) in [7, 11) is 0. The van der Waals surface area contributed by atoms with Crippen LogP contribution in [0.25, 0.3) is 0 Å². The van der Waals surface area contributed by atoms with E-state index in [0.29, 0.717) is 5.92 Å². The van der Waals surface area contributed by atoms with E-state index in [9.17, 15) is 0 Å². The molecule has 0 unspecified atom stereocenters. The fourth-order valence-electron chi connectivity index (χ4n) is 0.979. The van der Waals surface area contributed by atoms with E-state index in [1.165, 1.54) is 0 Å². The highest BCUT2D eigenvalue weighted by molar-refractivity contribution is 4.46. The smallest absolute Gasteiger partial charge is 0.0591 e. The van der Waals surface area contributed by atoms with Crippen molar-refractivity contribution in [3.8, 4) is 0 Å². The summed E-state index contributed by atoms with van der Waals surface area (Å²) in [5.74, 6) is 0.628. The molecular formula is C11H25NO2. The van der Waals surface area contributed by atoms with Crippen LogP contribution in [0.2, 0.25) is 0 Å². The van der Waals surface area contributed by atoms with Crippen molar-refractivity contribution in [3.63, 3.8) is 0 Å². The molecule has 0 spiro atoms. The van der Waals surface area contributed by atoms with Gasteiger partial charge in [0.25, 0.3) is 0 Å². The number of ether oxygens (including phenoxy) is 2. The fourth-order valence-corrected chi connectivity index (χ4v) is 0.979. The first kappa shape index (κ1) is 13.9. The van der Waals surface area contributed by atoms with Crippen molar-refractivity contribution in [2.45, 2.75) is 27.2 Å². The van der Waals surface area contributed by atoms with Crippen LogP contribution in [0.1, 0.15) is 27.2 Å². The summed E-state index contributed by atoms with van der Waals surface area (Å²) in [6.45, 7) is 11.6. The zero-order chi connectivity index (χ0) is 10.6. The molecule has 0 saturated carbocycles. The molecule has 0 aliphatic rings. The minimum Gasteiger partial charge on any atom is -0.380 e. The van der Waals surface area contributed by atoms with E-state index >= 15 is 0 Å². The van der Waals surface area contributed by atoms with E-state index in [0.717, 1.165) is 45.9 Å². The molecule has 1 N–H and O–H groups in total. The molecule has 0 radical (unpaired) electrons. The van der Waals surface area contributed by atoms with Gasteiger partial charge in [0, 0.05) is 26.3 Å². The third-order valence-corrected chi connectivity index (χ3v) is 1.65. The van der Waals surface area contributed by atoms with Gasteiger partial charge in [-0.1, -0.05) is 20.8 Å². The second-order valence-electron chi connectivity index (χ2n) is 3.83. The van der Waals surface area contributed by atoms with Gasteiger partial charge in [-0.15, -0.1) is 0 Å². The Kier molecular flexibility index (Phi) is 10.9. The van der Waals surface area contributed by atoms with Gasteiger partial charge in [0.05, 0.1) is 13.2 Å². The maximum absolute atomic E-state index is 5.42. The Balaban J connectivity index is 2.85. The molecule has 0 aliphatic carbocycles. The van der Waals surface area contributed by atoms with Crippen LogP contribution in [0.4, 0.5) is 0 Å². The molecule has 0 aromatic rings. The minimum atomic E-state index is 0.628. The Hall–Kier alpha value is -0.120. The van der Waals surface area contributed by atoms with Gasteiger partial charge in [-0.25, -0.2) is 0 Å². The fraction of sp³-hybridized carbons (Fsp3) is 1.00. The predicted molar refractivity (Wildman–Crippen MR) is 59.6 cm³/mol. The first-order chi connectivity index (χ1) is 6.77. The van der Waals surface area contributed by atoms with Crippen molar-refractivity contribution in [3.05, 3.63) is 0 Å². The Morgan fingerprint density at radius 1 is 1.00 bits per heavy atom. The highest BCUT2D eigenvalue weighted by Crippen LogP contribution is 1.90. The Morgan fingerprint density at radius 2 is 1.64 bits per heavy atom. The molecule has 0 rings (SSSR count). The van der Waals surface area contributed by atoms with Gasteiger partial charge in [-0.2, -0.15) is 0 Å². The van der Waals surface area contributed by atoms with Crippen molar-refractivity contribution in [1.29, 1.82) is 0 Å². The summed E-state index contributed by atoms with van der Waals surface area (Å²) in [5.41, 5.74) is 0. The van der Waals surface area contributed by atoms with E-state index in [2.05, 4.69) is 26.1 Å². The highest BCUT2D eigenvalue weighted by Gasteiger charge is 1.93. The van der Waals surface area contributed by atoms with Crippen molar-refractivity contribution in [1.82, 2.24) is 5.32 Å². The van der Waals surface area contributed by atoms with Gasteiger partial charge in [0.15, 0.2) is 0 Å². The van der Waals surface area contributed by atoms with Gasteiger partial charge < -0.3 is 14.8 Å². The van der Waals surface area contributed by atoms with Crippen LogP contribution in [0, 0.1) is 5.92 Å². The van der Waals surface area contributed by atoms with Crippen LogP contribution in [-0.2, 0) is 9.47 Å². The summed E-state index contributed by atoms with van der Waals surface area (Å²) < 4.78 is 10.7. The third-order valence-electron chi connectivity index (χ3n) is 1.65. The average molecular weight is 203 g/mol. The monoisotopic (exact) mass is 203 g/mol. The molecule has 0 amide bonds. The quantitative estimate of drug-likeness (QED) is 0.548. The largest absolute Gasteiger partial charge is 0.380 e. The molecule has 0 aliphatic heterocycles. The summed E-state index contributed by atoms with van der Waals surface area (Å²) in [6, 6.07) is 0. The molecule has 14 heavy (non-hydrogen) atoms. The van der Waals surface area contributed by atoms with Crippen LogP contribution in [0.3, 0.4) is 0 Å². The van der Waals surface area contributed by atoms with E-state index in [-0.39, 0.29) is 0 Å². The van der Waals surface area contributed by atoms with Crippen LogP contribution in [0.15, 0.2) is 0 Å². The van der Waals surface area contributed by atoms with Gasteiger partial charge in [0.1, 0.15) is 0 Å².